The van der Waals surface area contributed by atoms with Gasteiger partial charge in [0.05, 0.1) is 17.6 Å². The molecule has 1 aliphatic carbocycles. The van der Waals surface area contributed by atoms with Crippen LogP contribution in [0.1, 0.15) is 62.7 Å². The van der Waals surface area contributed by atoms with Gasteiger partial charge in [0.15, 0.2) is 0 Å². The number of hydrogen-bond acceptors (Lipinski definition) is 3. The van der Waals surface area contributed by atoms with E-state index in [1.165, 1.54) is 30.7 Å². The lowest BCUT2D eigenvalue weighted by Gasteiger charge is -2.38. The fourth-order valence-corrected chi connectivity index (χ4v) is 4.48. The molecule has 3 atom stereocenters. The molecule has 0 aliphatic heterocycles. The Labute approximate surface area is 126 Å². The summed E-state index contributed by atoms with van der Waals surface area (Å²) in [4.78, 5) is 7.24. The molecule has 1 aromatic heterocycles. The topological polar surface area (TPSA) is 16.1 Å². The van der Waals surface area contributed by atoms with Crippen LogP contribution in [0.4, 0.5) is 0 Å². The van der Waals surface area contributed by atoms with Crippen LogP contribution in [0.5, 0.6) is 0 Å². The molecule has 0 saturated heterocycles. The third-order valence-electron chi connectivity index (χ3n) is 4.35. The van der Waals surface area contributed by atoms with Crippen molar-refractivity contribution in [2.24, 2.45) is 5.92 Å². The van der Waals surface area contributed by atoms with Crippen LogP contribution in [-0.2, 0) is 5.88 Å². The van der Waals surface area contributed by atoms with Crippen molar-refractivity contribution in [3.8, 4) is 0 Å². The van der Waals surface area contributed by atoms with Gasteiger partial charge in [-0.05, 0) is 32.2 Å². The van der Waals surface area contributed by atoms with E-state index in [1.807, 2.05) is 0 Å². The van der Waals surface area contributed by atoms with Crippen molar-refractivity contribution < 1.29 is 0 Å². The van der Waals surface area contributed by atoms with Crippen LogP contribution >= 0.6 is 22.9 Å². The van der Waals surface area contributed by atoms with Crippen molar-refractivity contribution in [1.82, 2.24) is 9.88 Å². The maximum absolute atomic E-state index is 5.87. The highest BCUT2D eigenvalue weighted by Gasteiger charge is 2.28. The van der Waals surface area contributed by atoms with Crippen molar-refractivity contribution in [1.29, 1.82) is 0 Å². The Bertz CT molecular complexity index is 393. The van der Waals surface area contributed by atoms with Gasteiger partial charge in [-0.15, -0.1) is 22.9 Å². The van der Waals surface area contributed by atoms with Crippen molar-refractivity contribution in [2.75, 3.05) is 7.05 Å². The number of alkyl halides is 1. The molecule has 4 heteroatoms. The lowest BCUT2D eigenvalue weighted by atomic mass is 9.86. The van der Waals surface area contributed by atoms with Crippen LogP contribution in [0, 0.1) is 5.92 Å². The number of hydrogen-bond donors (Lipinski definition) is 0. The minimum atomic E-state index is 0.456. The van der Waals surface area contributed by atoms with Crippen LogP contribution in [-0.4, -0.2) is 23.0 Å². The zero-order valence-corrected chi connectivity index (χ0v) is 13.8. The number of halogens is 1. The predicted octanol–water partition coefficient (Wildman–Crippen LogP) is 4.84. The quantitative estimate of drug-likeness (QED) is 0.723. The zero-order valence-electron chi connectivity index (χ0n) is 12.2. The molecule has 0 bridgehead atoms. The lowest BCUT2D eigenvalue weighted by molar-refractivity contribution is 0.115. The molecule has 0 amide bonds. The third kappa shape index (κ3) is 3.71. The Morgan fingerprint density at radius 2 is 2.32 bits per heavy atom. The summed E-state index contributed by atoms with van der Waals surface area (Å²) in [7, 11) is 2.28. The number of rotatable bonds is 5. The summed E-state index contributed by atoms with van der Waals surface area (Å²) in [5.74, 6) is 1.39. The maximum Gasteiger partial charge on any atom is 0.110 e. The van der Waals surface area contributed by atoms with E-state index in [0.29, 0.717) is 11.9 Å². The summed E-state index contributed by atoms with van der Waals surface area (Å²) in [6.45, 7) is 4.64. The lowest BCUT2D eigenvalue weighted by Crippen LogP contribution is -2.38. The van der Waals surface area contributed by atoms with Gasteiger partial charge in [0.25, 0.3) is 0 Å². The Hall–Kier alpha value is -0.120. The van der Waals surface area contributed by atoms with Crippen LogP contribution in [0.2, 0.25) is 0 Å². The molecule has 1 saturated carbocycles. The molecule has 1 fully saturated rings. The highest BCUT2D eigenvalue weighted by molar-refractivity contribution is 7.09. The van der Waals surface area contributed by atoms with E-state index in [9.17, 15) is 0 Å². The Balaban J connectivity index is 2.07. The van der Waals surface area contributed by atoms with Gasteiger partial charge in [-0.3, -0.25) is 4.90 Å². The Morgan fingerprint density at radius 3 is 2.89 bits per heavy atom. The first-order valence-corrected chi connectivity index (χ1v) is 8.79. The SMILES string of the molecule is CCC(c1nc(CCl)cs1)N(C)C1CCCC(C)C1. The molecule has 3 unspecified atom stereocenters. The van der Waals surface area contributed by atoms with Crippen LogP contribution in [0.25, 0.3) is 0 Å². The van der Waals surface area contributed by atoms with Crippen molar-refractivity contribution in [3.63, 3.8) is 0 Å². The monoisotopic (exact) mass is 300 g/mol. The summed E-state index contributed by atoms with van der Waals surface area (Å²) in [5, 5.41) is 3.33. The second-order valence-corrected chi connectivity index (χ2v) is 6.98. The molecule has 0 spiro atoms. The van der Waals surface area contributed by atoms with E-state index in [4.69, 9.17) is 11.6 Å². The van der Waals surface area contributed by atoms with Crippen molar-refractivity contribution >= 4 is 22.9 Å². The summed E-state index contributed by atoms with van der Waals surface area (Å²) >= 11 is 7.63. The third-order valence-corrected chi connectivity index (χ3v) is 5.62. The van der Waals surface area contributed by atoms with E-state index in [2.05, 4.69) is 36.2 Å². The molecular formula is C15H25ClN2S. The van der Waals surface area contributed by atoms with Gasteiger partial charge in [-0.1, -0.05) is 26.7 Å². The van der Waals surface area contributed by atoms with Crippen LogP contribution < -0.4 is 0 Å². The first kappa shape index (κ1) is 15.3. The average Bonchev–Trinajstić information content (AvgIpc) is 2.88. The first-order chi connectivity index (χ1) is 9.15. The second kappa shape index (κ2) is 7.05. The van der Waals surface area contributed by atoms with E-state index in [1.54, 1.807) is 11.3 Å². The second-order valence-electron chi connectivity index (χ2n) is 5.83. The van der Waals surface area contributed by atoms with Gasteiger partial charge >= 0.3 is 0 Å². The van der Waals surface area contributed by atoms with Gasteiger partial charge in [0, 0.05) is 11.4 Å². The number of nitrogens with zero attached hydrogens (tertiary/aromatic N) is 2. The van der Waals surface area contributed by atoms with E-state index in [-0.39, 0.29) is 0 Å². The minimum absolute atomic E-state index is 0.456. The molecule has 0 N–H and O–H groups in total. The summed E-state index contributed by atoms with van der Waals surface area (Å²) in [6, 6.07) is 1.18. The minimum Gasteiger partial charge on any atom is -0.294 e. The Morgan fingerprint density at radius 1 is 1.53 bits per heavy atom. The maximum atomic E-state index is 5.87. The van der Waals surface area contributed by atoms with E-state index in [0.717, 1.165) is 24.1 Å². The molecule has 2 rings (SSSR count). The molecular weight excluding hydrogens is 276 g/mol. The van der Waals surface area contributed by atoms with Crippen molar-refractivity contribution in [3.05, 3.63) is 16.1 Å². The van der Waals surface area contributed by atoms with Crippen molar-refractivity contribution in [2.45, 2.75) is 63.9 Å². The summed E-state index contributed by atoms with van der Waals surface area (Å²) < 4.78 is 0. The summed E-state index contributed by atoms with van der Waals surface area (Å²) in [5.41, 5.74) is 1.02. The Kier molecular flexibility index (Phi) is 5.67. The molecule has 19 heavy (non-hydrogen) atoms. The van der Waals surface area contributed by atoms with Crippen LogP contribution in [0.15, 0.2) is 5.38 Å². The molecule has 1 heterocycles. The average molecular weight is 301 g/mol. The fraction of sp³-hybridized carbons (Fsp3) is 0.800. The highest BCUT2D eigenvalue weighted by Crippen LogP contribution is 2.34. The molecule has 2 nitrogen and oxygen atoms in total. The van der Waals surface area contributed by atoms with Crippen LogP contribution in [0.3, 0.4) is 0 Å². The molecule has 0 aromatic carbocycles. The zero-order chi connectivity index (χ0) is 13.8. The molecule has 0 radical (unpaired) electrons. The van der Waals surface area contributed by atoms with E-state index < -0.39 is 0 Å². The van der Waals surface area contributed by atoms with Gasteiger partial charge in [0.2, 0.25) is 0 Å². The first-order valence-electron chi connectivity index (χ1n) is 7.37. The fourth-order valence-electron chi connectivity index (χ4n) is 3.20. The highest BCUT2D eigenvalue weighted by atomic mass is 35.5. The smallest absolute Gasteiger partial charge is 0.110 e. The number of thiazole rings is 1. The van der Waals surface area contributed by atoms with Gasteiger partial charge < -0.3 is 0 Å². The number of aromatic nitrogens is 1. The van der Waals surface area contributed by atoms with Gasteiger partial charge in [-0.25, -0.2) is 4.98 Å². The largest absolute Gasteiger partial charge is 0.294 e. The predicted molar refractivity (Wildman–Crippen MR) is 83.9 cm³/mol. The standard InChI is InChI=1S/C15H25ClN2S/c1-4-14(15-17-12(9-16)10-19-15)18(3)13-7-5-6-11(2)8-13/h10-11,13-14H,4-9H2,1-3H3. The molecule has 1 aromatic rings. The molecule has 108 valence electrons. The normalized spacial score (nSPS) is 25.7. The molecule has 1 aliphatic rings. The van der Waals surface area contributed by atoms with Gasteiger partial charge in [0.1, 0.15) is 5.01 Å². The summed E-state index contributed by atoms with van der Waals surface area (Å²) in [6.07, 6.45) is 6.56. The van der Waals surface area contributed by atoms with Gasteiger partial charge in [-0.2, -0.15) is 0 Å². The van der Waals surface area contributed by atoms with E-state index >= 15 is 0 Å².